The number of nitrogens with one attached hydrogen (secondary N) is 1. The van der Waals surface area contributed by atoms with E-state index in [2.05, 4.69) is 5.32 Å². The first kappa shape index (κ1) is 15.0. The highest BCUT2D eigenvalue weighted by atomic mass is 16.5. The van der Waals surface area contributed by atoms with Gasteiger partial charge in [-0.2, -0.15) is 0 Å². The summed E-state index contributed by atoms with van der Waals surface area (Å²) < 4.78 is 5.11. The molecule has 0 saturated carbocycles. The van der Waals surface area contributed by atoms with Gasteiger partial charge in [0.25, 0.3) is 5.91 Å². The molecule has 1 amide bonds. The lowest BCUT2D eigenvalue weighted by atomic mass is 10.1. The van der Waals surface area contributed by atoms with Gasteiger partial charge in [-0.1, -0.05) is 18.2 Å². The number of aliphatic hydroxyl groups is 2. The molecule has 21 heavy (non-hydrogen) atoms. The molecule has 0 atom stereocenters. The highest BCUT2D eigenvalue weighted by Crippen LogP contribution is 2.23. The maximum Gasteiger partial charge on any atom is 0.255 e. The summed E-state index contributed by atoms with van der Waals surface area (Å²) in [7, 11) is 1.53. The molecule has 2 rings (SSSR count). The van der Waals surface area contributed by atoms with Crippen molar-refractivity contribution in [2.75, 3.05) is 12.4 Å². The molecule has 2 aromatic rings. The zero-order valence-corrected chi connectivity index (χ0v) is 11.7. The summed E-state index contributed by atoms with van der Waals surface area (Å²) >= 11 is 0. The van der Waals surface area contributed by atoms with Gasteiger partial charge in [-0.3, -0.25) is 4.79 Å². The van der Waals surface area contributed by atoms with Crippen molar-refractivity contribution in [2.45, 2.75) is 13.2 Å². The average Bonchev–Trinajstić information content (AvgIpc) is 2.54. The lowest BCUT2D eigenvalue weighted by Crippen LogP contribution is -2.13. The second kappa shape index (κ2) is 6.88. The monoisotopic (exact) mass is 287 g/mol. The van der Waals surface area contributed by atoms with Crippen molar-refractivity contribution in [3.05, 3.63) is 59.2 Å². The van der Waals surface area contributed by atoms with Crippen molar-refractivity contribution in [1.82, 2.24) is 0 Å². The molecule has 0 aliphatic carbocycles. The van der Waals surface area contributed by atoms with Crippen LogP contribution >= 0.6 is 0 Å². The molecule has 0 fully saturated rings. The van der Waals surface area contributed by atoms with Gasteiger partial charge >= 0.3 is 0 Å². The minimum Gasteiger partial charge on any atom is -0.497 e. The van der Waals surface area contributed by atoms with Gasteiger partial charge in [0.05, 0.1) is 26.0 Å². The van der Waals surface area contributed by atoms with Crippen LogP contribution in [0, 0.1) is 0 Å². The van der Waals surface area contributed by atoms with Crippen LogP contribution in [0.3, 0.4) is 0 Å². The van der Waals surface area contributed by atoms with E-state index in [4.69, 9.17) is 9.84 Å². The zero-order chi connectivity index (χ0) is 15.2. The third kappa shape index (κ3) is 3.59. The molecule has 0 radical (unpaired) electrons. The molecule has 5 heteroatoms. The summed E-state index contributed by atoms with van der Waals surface area (Å²) in [6.07, 6.45) is 0. The number of anilines is 1. The third-order valence-corrected chi connectivity index (χ3v) is 3.13. The van der Waals surface area contributed by atoms with Crippen LogP contribution in [0.4, 0.5) is 5.69 Å². The highest BCUT2D eigenvalue weighted by Gasteiger charge is 2.10. The Kier molecular flexibility index (Phi) is 4.92. The van der Waals surface area contributed by atoms with Crippen LogP contribution in [-0.2, 0) is 13.2 Å². The molecule has 0 aromatic heterocycles. The number of hydrogen-bond donors (Lipinski definition) is 3. The van der Waals surface area contributed by atoms with Crippen LogP contribution in [0.5, 0.6) is 5.75 Å². The van der Waals surface area contributed by atoms with Crippen molar-refractivity contribution < 1.29 is 19.7 Å². The number of rotatable bonds is 5. The molecule has 0 heterocycles. The Morgan fingerprint density at radius 2 is 1.81 bits per heavy atom. The number of methoxy groups -OCH3 is 1. The Morgan fingerprint density at radius 1 is 1.10 bits per heavy atom. The molecule has 2 aromatic carbocycles. The predicted molar refractivity (Wildman–Crippen MR) is 79.2 cm³/mol. The van der Waals surface area contributed by atoms with E-state index in [1.54, 1.807) is 42.5 Å². The first-order valence-electron chi connectivity index (χ1n) is 6.47. The van der Waals surface area contributed by atoms with Gasteiger partial charge < -0.3 is 20.3 Å². The molecule has 110 valence electrons. The summed E-state index contributed by atoms with van der Waals surface area (Å²) in [5, 5.41) is 21.0. The van der Waals surface area contributed by atoms with E-state index in [1.807, 2.05) is 0 Å². The molecule has 0 spiro atoms. The number of carbonyl (C=O) groups excluding carboxylic acids is 1. The molecule has 5 nitrogen and oxygen atoms in total. The normalized spacial score (nSPS) is 10.2. The highest BCUT2D eigenvalue weighted by molar-refractivity contribution is 6.04. The van der Waals surface area contributed by atoms with Crippen LogP contribution in [-0.4, -0.2) is 23.2 Å². The molecular formula is C16H17NO4. The van der Waals surface area contributed by atoms with Crippen molar-refractivity contribution in [1.29, 1.82) is 0 Å². The number of ether oxygens (including phenoxy) is 1. The van der Waals surface area contributed by atoms with E-state index in [0.717, 1.165) is 5.56 Å². The fourth-order valence-corrected chi connectivity index (χ4v) is 1.89. The predicted octanol–water partition coefficient (Wildman–Crippen LogP) is 1.93. The summed E-state index contributed by atoms with van der Waals surface area (Å²) in [4.78, 5) is 12.2. The van der Waals surface area contributed by atoms with E-state index in [9.17, 15) is 9.90 Å². The van der Waals surface area contributed by atoms with Gasteiger partial charge in [-0.05, 0) is 23.8 Å². The quantitative estimate of drug-likeness (QED) is 0.785. The molecular weight excluding hydrogens is 270 g/mol. The Hall–Kier alpha value is -2.37. The Balaban J connectivity index is 2.21. The maximum absolute atomic E-state index is 12.2. The maximum atomic E-state index is 12.2. The summed E-state index contributed by atoms with van der Waals surface area (Å²) in [6, 6.07) is 11.7. The van der Waals surface area contributed by atoms with Crippen molar-refractivity contribution in [3.63, 3.8) is 0 Å². The van der Waals surface area contributed by atoms with Gasteiger partial charge in [-0.15, -0.1) is 0 Å². The van der Waals surface area contributed by atoms with Gasteiger partial charge in [0.15, 0.2) is 0 Å². The van der Waals surface area contributed by atoms with Gasteiger partial charge in [0, 0.05) is 17.2 Å². The second-order valence-corrected chi connectivity index (χ2v) is 4.49. The largest absolute Gasteiger partial charge is 0.497 e. The van der Waals surface area contributed by atoms with Crippen molar-refractivity contribution in [3.8, 4) is 5.75 Å². The zero-order valence-electron chi connectivity index (χ0n) is 11.7. The van der Waals surface area contributed by atoms with Crippen LogP contribution in [0.15, 0.2) is 42.5 Å². The smallest absolute Gasteiger partial charge is 0.255 e. The Morgan fingerprint density at radius 3 is 2.38 bits per heavy atom. The van der Waals surface area contributed by atoms with Crippen LogP contribution in [0.2, 0.25) is 0 Å². The van der Waals surface area contributed by atoms with Crippen molar-refractivity contribution >= 4 is 11.6 Å². The number of amides is 1. The average molecular weight is 287 g/mol. The Bertz CT molecular complexity index is 623. The molecule has 0 bridgehead atoms. The summed E-state index contributed by atoms with van der Waals surface area (Å²) in [6.45, 7) is -0.241. The van der Waals surface area contributed by atoms with Gasteiger partial charge in [-0.25, -0.2) is 0 Å². The summed E-state index contributed by atoms with van der Waals surface area (Å²) in [5.74, 6) is 0.306. The lowest BCUT2D eigenvalue weighted by molar-refractivity contribution is 0.102. The number of hydrogen-bond acceptors (Lipinski definition) is 4. The van der Waals surface area contributed by atoms with E-state index in [-0.39, 0.29) is 19.1 Å². The van der Waals surface area contributed by atoms with Crippen LogP contribution < -0.4 is 10.1 Å². The summed E-state index contributed by atoms with van der Waals surface area (Å²) in [5.41, 5.74) is 2.33. The molecule has 0 unspecified atom stereocenters. The van der Waals surface area contributed by atoms with Gasteiger partial charge in [0.2, 0.25) is 0 Å². The fraction of sp³-hybridized carbons (Fsp3) is 0.188. The van der Waals surface area contributed by atoms with Crippen LogP contribution in [0.1, 0.15) is 21.5 Å². The first-order valence-corrected chi connectivity index (χ1v) is 6.47. The minimum absolute atomic E-state index is 0.0631. The lowest BCUT2D eigenvalue weighted by Gasteiger charge is -2.11. The Labute approximate surface area is 122 Å². The van der Waals surface area contributed by atoms with E-state index >= 15 is 0 Å². The first-order chi connectivity index (χ1) is 10.2. The number of benzene rings is 2. The van der Waals surface area contributed by atoms with E-state index < -0.39 is 0 Å². The standard InChI is InChI=1S/C16H17NO4/c1-21-14-7-6-13(10-19)15(8-14)17-16(20)12-4-2-11(9-18)3-5-12/h2-8,18-19H,9-10H2,1H3,(H,17,20). The molecule has 0 aliphatic rings. The molecule has 0 saturated heterocycles. The minimum atomic E-state index is -0.289. The van der Waals surface area contributed by atoms with E-state index in [1.165, 1.54) is 7.11 Å². The van der Waals surface area contributed by atoms with Crippen molar-refractivity contribution in [2.24, 2.45) is 0 Å². The third-order valence-electron chi connectivity index (χ3n) is 3.13. The molecule has 0 aliphatic heterocycles. The second-order valence-electron chi connectivity index (χ2n) is 4.49. The van der Waals surface area contributed by atoms with Gasteiger partial charge in [0.1, 0.15) is 5.75 Å². The van der Waals surface area contributed by atoms with Crippen LogP contribution in [0.25, 0.3) is 0 Å². The molecule has 3 N–H and O–H groups in total. The fourth-order valence-electron chi connectivity index (χ4n) is 1.89. The number of carbonyl (C=O) groups is 1. The topological polar surface area (TPSA) is 78.8 Å². The number of aliphatic hydroxyl groups excluding tert-OH is 2. The van der Waals surface area contributed by atoms with E-state index in [0.29, 0.717) is 22.6 Å². The SMILES string of the molecule is COc1ccc(CO)c(NC(=O)c2ccc(CO)cc2)c1.